The Hall–Kier alpha value is -2.04. The zero-order valence-corrected chi connectivity index (χ0v) is 13.0. The molecule has 21 heavy (non-hydrogen) atoms. The van der Waals surface area contributed by atoms with Gasteiger partial charge in [-0.25, -0.2) is 4.98 Å². The third-order valence-corrected chi connectivity index (χ3v) is 3.35. The van der Waals surface area contributed by atoms with E-state index in [4.69, 9.17) is 5.73 Å². The predicted octanol–water partition coefficient (Wildman–Crippen LogP) is 2.34. The van der Waals surface area contributed by atoms with E-state index in [0.717, 1.165) is 29.7 Å². The van der Waals surface area contributed by atoms with Crippen LogP contribution >= 0.6 is 0 Å². The maximum atomic E-state index is 12.0. The van der Waals surface area contributed by atoms with Gasteiger partial charge in [-0.3, -0.25) is 4.79 Å². The maximum absolute atomic E-state index is 12.0. The van der Waals surface area contributed by atoms with Crippen molar-refractivity contribution in [2.75, 3.05) is 12.3 Å². The number of carbonyl (C=O) groups is 1. The molecule has 1 aromatic carbocycles. The van der Waals surface area contributed by atoms with E-state index < -0.39 is 0 Å². The Balaban J connectivity index is 2.38. The number of nitrogens with one attached hydrogen (secondary N) is 1. The summed E-state index contributed by atoms with van der Waals surface area (Å²) in [5, 5.41) is 2.91. The topological polar surface area (TPSA) is 72.9 Å². The molecular weight excluding hydrogens is 264 g/mol. The smallest absolute Gasteiger partial charge is 0.240 e. The third kappa shape index (κ3) is 3.54. The van der Waals surface area contributed by atoms with E-state index in [1.165, 1.54) is 0 Å². The zero-order chi connectivity index (χ0) is 15.4. The number of rotatable bonds is 6. The van der Waals surface area contributed by atoms with Crippen molar-refractivity contribution in [3.63, 3.8) is 0 Å². The standard InChI is InChI=1S/C16H24N4O/c1-4-8-18-15(21)10-20-13-7-5-6-12(17)16(13)19-14(20)9-11(2)3/h5-7,11H,4,8-10,17H2,1-3H3,(H,18,21). The van der Waals surface area contributed by atoms with Crippen LogP contribution in [-0.2, 0) is 17.8 Å². The van der Waals surface area contributed by atoms with Gasteiger partial charge in [0.25, 0.3) is 0 Å². The quantitative estimate of drug-likeness (QED) is 0.801. The number of nitrogens with two attached hydrogens (primary N) is 1. The number of carbonyl (C=O) groups excluding carboxylic acids is 1. The lowest BCUT2D eigenvalue weighted by Crippen LogP contribution is -2.28. The van der Waals surface area contributed by atoms with E-state index >= 15 is 0 Å². The highest BCUT2D eigenvalue weighted by atomic mass is 16.1. The first-order valence-electron chi connectivity index (χ1n) is 7.53. The summed E-state index contributed by atoms with van der Waals surface area (Å²) in [4.78, 5) is 16.7. The molecule has 5 heteroatoms. The number of nitrogen functional groups attached to an aromatic ring is 1. The SMILES string of the molecule is CCCNC(=O)Cn1c(CC(C)C)nc2c(N)cccc21. The van der Waals surface area contributed by atoms with Gasteiger partial charge < -0.3 is 15.6 Å². The van der Waals surface area contributed by atoms with Gasteiger partial charge in [0.15, 0.2) is 0 Å². The van der Waals surface area contributed by atoms with E-state index in [1.807, 2.05) is 29.7 Å². The van der Waals surface area contributed by atoms with Gasteiger partial charge in [0, 0.05) is 13.0 Å². The van der Waals surface area contributed by atoms with E-state index in [-0.39, 0.29) is 5.91 Å². The summed E-state index contributed by atoms with van der Waals surface area (Å²) in [5.74, 6) is 1.41. The van der Waals surface area contributed by atoms with Crippen molar-refractivity contribution in [3.05, 3.63) is 24.0 Å². The largest absolute Gasteiger partial charge is 0.397 e. The molecule has 114 valence electrons. The molecule has 1 heterocycles. The molecule has 0 fully saturated rings. The first kappa shape index (κ1) is 15.4. The van der Waals surface area contributed by atoms with Crippen molar-refractivity contribution in [1.82, 2.24) is 14.9 Å². The first-order valence-corrected chi connectivity index (χ1v) is 7.53. The van der Waals surface area contributed by atoms with Crippen LogP contribution in [0.2, 0.25) is 0 Å². The molecule has 0 saturated heterocycles. The molecule has 0 spiro atoms. The van der Waals surface area contributed by atoms with Crippen LogP contribution < -0.4 is 11.1 Å². The molecule has 0 aliphatic rings. The van der Waals surface area contributed by atoms with Gasteiger partial charge in [0.1, 0.15) is 17.9 Å². The van der Waals surface area contributed by atoms with E-state index in [9.17, 15) is 4.79 Å². The van der Waals surface area contributed by atoms with Crippen LogP contribution in [0.5, 0.6) is 0 Å². The van der Waals surface area contributed by atoms with Crippen LogP contribution in [0.25, 0.3) is 11.0 Å². The number of amides is 1. The minimum atomic E-state index is 0.0172. The summed E-state index contributed by atoms with van der Waals surface area (Å²) in [6, 6.07) is 5.71. The highest BCUT2D eigenvalue weighted by Crippen LogP contribution is 2.23. The fourth-order valence-electron chi connectivity index (χ4n) is 2.38. The van der Waals surface area contributed by atoms with Crippen molar-refractivity contribution in [1.29, 1.82) is 0 Å². The molecule has 2 rings (SSSR count). The molecule has 0 unspecified atom stereocenters. The van der Waals surface area contributed by atoms with Gasteiger partial charge in [0.2, 0.25) is 5.91 Å². The second kappa shape index (κ2) is 6.61. The number of hydrogen-bond acceptors (Lipinski definition) is 3. The monoisotopic (exact) mass is 288 g/mol. The van der Waals surface area contributed by atoms with Crippen LogP contribution in [-0.4, -0.2) is 22.0 Å². The van der Waals surface area contributed by atoms with Gasteiger partial charge in [-0.05, 0) is 24.5 Å². The van der Waals surface area contributed by atoms with Crippen LogP contribution in [0.3, 0.4) is 0 Å². The Morgan fingerprint density at radius 2 is 2.19 bits per heavy atom. The summed E-state index contributed by atoms with van der Waals surface area (Å²) in [7, 11) is 0. The fourth-order valence-corrected chi connectivity index (χ4v) is 2.38. The summed E-state index contributed by atoms with van der Waals surface area (Å²) >= 11 is 0. The van der Waals surface area contributed by atoms with Gasteiger partial charge in [-0.2, -0.15) is 0 Å². The molecular formula is C16H24N4O. The summed E-state index contributed by atoms with van der Waals surface area (Å²) in [6.07, 6.45) is 1.76. The average Bonchev–Trinajstić information content (AvgIpc) is 2.75. The molecule has 1 amide bonds. The molecule has 5 nitrogen and oxygen atoms in total. The van der Waals surface area contributed by atoms with Crippen LogP contribution in [0.4, 0.5) is 5.69 Å². The molecule has 0 atom stereocenters. The molecule has 0 bridgehead atoms. The fraction of sp³-hybridized carbons (Fsp3) is 0.500. The lowest BCUT2D eigenvalue weighted by atomic mass is 10.1. The second-order valence-electron chi connectivity index (χ2n) is 5.78. The van der Waals surface area contributed by atoms with Crippen molar-refractivity contribution in [2.45, 2.75) is 40.2 Å². The Morgan fingerprint density at radius 3 is 2.86 bits per heavy atom. The van der Waals surface area contributed by atoms with Crippen LogP contribution in [0.1, 0.15) is 33.0 Å². The van der Waals surface area contributed by atoms with Crippen molar-refractivity contribution in [2.24, 2.45) is 5.92 Å². The number of imidazole rings is 1. The Morgan fingerprint density at radius 1 is 1.43 bits per heavy atom. The lowest BCUT2D eigenvalue weighted by Gasteiger charge is -2.11. The summed E-state index contributed by atoms with van der Waals surface area (Å²) in [6.45, 7) is 7.32. The first-order chi connectivity index (χ1) is 10.0. The number of anilines is 1. The number of hydrogen-bond donors (Lipinski definition) is 2. The van der Waals surface area contributed by atoms with Crippen molar-refractivity contribution in [3.8, 4) is 0 Å². The minimum Gasteiger partial charge on any atom is -0.397 e. The number of fused-ring (bicyclic) bond motifs is 1. The average molecular weight is 288 g/mol. The lowest BCUT2D eigenvalue weighted by molar-refractivity contribution is -0.121. The highest BCUT2D eigenvalue weighted by molar-refractivity contribution is 5.89. The van der Waals surface area contributed by atoms with E-state index in [2.05, 4.69) is 24.1 Å². The predicted molar refractivity (Wildman–Crippen MR) is 86.0 cm³/mol. The Kier molecular flexibility index (Phi) is 4.83. The molecule has 2 aromatic rings. The van der Waals surface area contributed by atoms with Gasteiger partial charge >= 0.3 is 0 Å². The van der Waals surface area contributed by atoms with Gasteiger partial charge in [0.05, 0.1) is 11.2 Å². The third-order valence-electron chi connectivity index (χ3n) is 3.35. The number of aromatic nitrogens is 2. The number of nitrogens with zero attached hydrogens (tertiary/aromatic N) is 2. The van der Waals surface area contributed by atoms with Gasteiger partial charge in [-0.1, -0.05) is 26.8 Å². The van der Waals surface area contributed by atoms with Crippen LogP contribution in [0.15, 0.2) is 18.2 Å². The van der Waals surface area contributed by atoms with Gasteiger partial charge in [-0.15, -0.1) is 0 Å². The molecule has 0 radical (unpaired) electrons. The Labute approximate surface area is 125 Å². The van der Waals surface area contributed by atoms with Crippen molar-refractivity contribution >= 4 is 22.6 Å². The minimum absolute atomic E-state index is 0.0172. The second-order valence-corrected chi connectivity index (χ2v) is 5.78. The number of para-hydroxylation sites is 1. The van der Waals surface area contributed by atoms with E-state index in [1.54, 1.807) is 0 Å². The van der Waals surface area contributed by atoms with Crippen LogP contribution in [0, 0.1) is 5.92 Å². The normalized spacial score (nSPS) is 11.2. The maximum Gasteiger partial charge on any atom is 0.240 e. The zero-order valence-electron chi connectivity index (χ0n) is 13.0. The Bertz CT molecular complexity index is 630. The summed E-state index contributed by atoms with van der Waals surface area (Å²) in [5.41, 5.74) is 8.38. The number of benzene rings is 1. The molecule has 1 aromatic heterocycles. The molecule has 3 N–H and O–H groups in total. The molecule has 0 aliphatic carbocycles. The molecule has 0 saturated carbocycles. The molecule has 0 aliphatic heterocycles. The van der Waals surface area contributed by atoms with Crippen molar-refractivity contribution < 1.29 is 4.79 Å². The highest BCUT2D eigenvalue weighted by Gasteiger charge is 2.15. The summed E-state index contributed by atoms with van der Waals surface area (Å²) < 4.78 is 1.98. The van der Waals surface area contributed by atoms with E-state index in [0.29, 0.717) is 24.7 Å².